The van der Waals surface area contributed by atoms with Gasteiger partial charge in [0.25, 0.3) is 5.91 Å². The van der Waals surface area contributed by atoms with Gasteiger partial charge in [-0.2, -0.15) is 10.2 Å². The maximum Gasteiger partial charge on any atom is 0.250 e. The summed E-state index contributed by atoms with van der Waals surface area (Å²) in [4.78, 5) is 12.4. The van der Waals surface area contributed by atoms with Crippen LogP contribution in [0.3, 0.4) is 0 Å². The van der Waals surface area contributed by atoms with Crippen LogP contribution in [0.5, 0.6) is 0 Å². The SMILES string of the molecule is CN(C)C(=O)C1CN=N1. The lowest BCUT2D eigenvalue weighted by molar-refractivity contribution is -0.130. The fraction of sp³-hybridized carbons (Fsp3) is 0.800. The maximum absolute atomic E-state index is 10.9. The Balaban J connectivity index is 2.43. The minimum absolute atomic E-state index is 0.0463. The number of carbonyl (C=O) groups excluding carboxylic acids is 1. The van der Waals surface area contributed by atoms with E-state index in [2.05, 4.69) is 10.2 Å². The highest BCUT2D eigenvalue weighted by Gasteiger charge is 2.23. The van der Waals surface area contributed by atoms with Gasteiger partial charge in [0.2, 0.25) is 0 Å². The zero-order valence-electron chi connectivity index (χ0n) is 5.53. The van der Waals surface area contributed by atoms with E-state index in [9.17, 15) is 4.79 Å². The average Bonchev–Trinajstić information content (AvgIpc) is 1.60. The zero-order chi connectivity index (χ0) is 6.85. The quantitative estimate of drug-likeness (QED) is 0.485. The lowest BCUT2D eigenvalue weighted by Crippen LogP contribution is -2.37. The number of hydrogen-bond acceptors (Lipinski definition) is 3. The molecule has 1 heterocycles. The number of hydrogen-bond donors (Lipinski definition) is 0. The lowest BCUT2D eigenvalue weighted by atomic mass is 10.2. The van der Waals surface area contributed by atoms with Crippen LogP contribution in [0.2, 0.25) is 0 Å². The van der Waals surface area contributed by atoms with Crippen molar-refractivity contribution in [2.24, 2.45) is 10.2 Å². The molecule has 0 bridgehead atoms. The van der Waals surface area contributed by atoms with Crippen molar-refractivity contribution >= 4 is 5.91 Å². The van der Waals surface area contributed by atoms with E-state index < -0.39 is 0 Å². The van der Waals surface area contributed by atoms with Gasteiger partial charge in [0.1, 0.15) is 0 Å². The highest BCUT2D eigenvalue weighted by Crippen LogP contribution is 2.06. The Labute approximate surface area is 53.6 Å². The molecule has 0 N–H and O–H groups in total. The summed E-state index contributed by atoms with van der Waals surface area (Å²) < 4.78 is 0. The smallest absolute Gasteiger partial charge is 0.250 e. The van der Waals surface area contributed by atoms with Crippen molar-refractivity contribution in [2.45, 2.75) is 6.04 Å². The minimum Gasteiger partial charge on any atom is -0.347 e. The van der Waals surface area contributed by atoms with Crippen LogP contribution in [0.4, 0.5) is 0 Å². The molecule has 0 aromatic carbocycles. The van der Waals surface area contributed by atoms with Crippen molar-refractivity contribution in [3.8, 4) is 0 Å². The maximum atomic E-state index is 10.9. The van der Waals surface area contributed by atoms with E-state index in [1.165, 1.54) is 4.90 Å². The Bertz CT molecular complexity index is 152. The van der Waals surface area contributed by atoms with Gasteiger partial charge in [0.15, 0.2) is 6.04 Å². The second-order valence-electron chi connectivity index (χ2n) is 2.19. The molecule has 0 saturated carbocycles. The molecule has 4 nitrogen and oxygen atoms in total. The third-order valence-corrected chi connectivity index (χ3v) is 1.20. The fourth-order valence-corrected chi connectivity index (χ4v) is 0.589. The summed E-state index contributed by atoms with van der Waals surface area (Å²) in [6.07, 6.45) is 0. The molecule has 0 radical (unpaired) electrons. The van der Waals surface area contributed by atoms with Gasteiger partial charge in [-0.15, -0.1) is 0 Å². The zero-order valence-corrected chi connectivity index (χ0v) is 5.53. The molecule has 4 heteroatoms. The van der Waals surface area contributed by atoms with Crippen LogP contribution in [0.1, 0.15) is 0 Å². The third-order valence-electron chi connectivity index (χ3n) is 1.20. The predicted octanol–water partition coefficient (Wildman–Crippen LogP) is -0.0910. The van der Waals surface area contributed by atoms with Crippen LogP contribution in [0.15, 0.2) is 10.2 Å². The largest absolute Gasteiger partial charge is 0.347 e. The van der Waals surface area contributed by atoms with Crippen molar-refractivity contribution in [2.75, 3.05) is 20.6 Å². The van der Waals surface area contributed by atoms with Gasteiger partial charge in [0, 0.05) is 14.1 Å². The van der Waals surface area contributed by atoms with E-state index >= 15 is 0 Å². The summed E-state index contributed by atoms with van der Waals surface area (Å²) in [7, 11) is 3.44. The number of azo groups is 1. The molecule has 0 fully saturated rings. The second kappa shape index (κ2) is 2.13. The van der Waals surface area contributed by atoms with Gasteiger partial charge < -0.3 is 4.90 Å². The number of likely N-dealkylation sites (N-methyl/N-ethyl adjacent to an activating group) is 1. The Morgan fingerprint density at radius 1 is 1.67 bits per heavy atom. The molecule has 1 atom stereocenters. The number of rotatable bonds is 1. The molecule has 0 saturated heterocycles. The molecule has 0 aliphatic carbocycles. The Kier molecular flexibility index (Phi) is 1.46. The van der Waals surface area contributed by atoms with E-state index in [0.717, 1.165) is 0 Å². The highest BCUT2D eigenvalue weighted by atomic mass is 16.2. The normalized spacial score (nSPS) is 23.1. The van der Waals surface area contributed by atoms with Crippen LogP contribution >= 0.6 is 0 Å². The van der Waals surface area contributed by atoms with Gasteiger partial charge in [-0.05, 0) is 0 Å². The summed E-state index contributed by atoms with van der Waals surface area (Å²) in [6.45, 7) is 0.566. The third kappa shape index (κ3) is 1.06. The first-order chi connectivity index (χ1) is 4.22. The van der Waals surface area contributed by atoms with Crippen LogP contribution in [0, 0.1) is 0 Å². The monoisotopic (exact) mass is 127 g/mol. The van der Waals surface area contributed by atoms with E-state index in [4.69, 9.17) is 0 Å². The topological polar surface area (TPSA) is 45.0 Å². The first-order valence-electron chi connectivity index (χ1n) is 2.79. The van der Waals surface area contributed by atoms with E-state index in [-0.39, 0.29) is 11.9 Å². The fourth-order valence-electron chi connectivity index (χ4n) is 0.589. The van der Waals surface area contributed by atoms with Crippen molar-refractivity contribution in [3.05, 3.63) is 0 Å². The molecule has 1 unspecified atom stereocenters. The van der Waals surface area contributed by atoms with Crippen LogP contribution in [-0.4, -0.2) is 37.5 Å². The summed E-state index contributed by atoms with van der Waals surface area (Å²) in [5.41, 5.74) is 0. The summed E-state index contributed by atoms with van der Waals surface area (Å²) >= 11 is 0. The molecule has 0 aromatic rings. The molecule has 0 spiro atoms. The van der Waals surface area contributed by atoms with Gasteiger partial charge in [0.05, 0.1) is 6.54 Å². The number of amides is 1. The van der Waals surface area contributed by atoms with Gasteiger partial charge >= 0.3 is 0 Å². The summed E-state index contributed by atoms with van der Waals surface area (Å²) in [5.74, 6) is 0.0463. The van der Waals surface area contributed by atoms with Crippen LogP contribution in [-0.2, 0) is 4.79 Å². The Morgan fingerprint density at radius 3 is 2.33 bits per heavy atom. The standard InChI is InChI=1S/C5H9N3O/c1-8(2)5(9)4-3-6-7-4/h4H,3H2,1-2H3. The van der Waals surface area contributed by atoms with Crippen molar-refractivity contribution in [1.82, 2.24) is 4.90 Å². The van der Waals surface area contributed by atoms with E-state index in [1.807, 2.05) is 0 Å². The van der Waals surface area contributed by atoms with E-state index in [0.29, 0.717) is 6.54 Å². The molecule has 1 aliphatic heterocycles. The summed E-state index contributed by atoms with van der Waals surface area (Å²) in [5, 5.41) is 7.20. The molecule has 1 rings (SSSR count). The molecule has 9 heavy (non-hydrogen) atoms. The van der Waals surface area contributed by atoms with Crippen LogP contribution < -0.4 is 0 Å². The first-order valence-corrected chi connectivity index (χ1v) is 2.79. The van der Waals surface area contributed by atoms with Gasteiger partial charge in [-0.3, -0.25) is 4.79 Å². The molecule has 0 aromatic heterocycles. The Morgan fingerprint density at radius 2 is 2.22 bits per heavy atom. The molecular formula is C5H9N3O. The molecule has 1 amide bonds. The minimum atomic E-state index is -0.181. The number of nitrogens with zero attached hydrogens (tertiary/aromatic N) is 3. The molecule has 1 aliphatic rings. The van der Waals surface area contributed by atoms with Crippen LogP contribution in [0.25, 0.3) is 0 Å². The van der Waals surface area contributed by atoms with Gasteiger partial charge in [-0.25, -0.2) is 0 Å². The highest BCUT2D eigenvalue weighted by molar-refractivity contribution is 5.82. The van der Waals surface area contributed by atoms with Gasteiger partial charge in [-0.1, -0.05) is 0 Å². The average molecular weight is 127 g/mol. The first kappa shape index (κ1) is 6.19. The number of carbonyl (C=O) groups is 1. The lowest BCUT2D eigenvalue weighted by Gasteiger charge is -2.18. The van der Waals surface area contributed by atoms with Crippen molar-refractivity contribution in [1.29, 1.82) is 0 Å². The Hall–Kier alpha value is -0.930. The summed E-state index contributed by atoms with van der Waals surface area (Å²) in [6, 6.07) is -0.181. The predicted molar refractivity (Wildman–Crippen MR) is 32.2 cm³/mol. The van der Waals surface area contributed by atoms with Crippen molar-refractivity contribution in [3.63, 3.8) is 0 Å². The second-order valence-corrected chi connectivity index (χ2v) is 2.19. The van der Waals surface area contributed by atoms with E-state index in [1.54, 1.807) is 14.1 Å². The molecule has 50 valence electrons. The molecular weight excluding hydrogens is 118 g/mol. The van der Waals surface area contributed by atoms with Crippen molar-refractivity contribution < 1.29 is 4.79 Å².